The van der Waals surface area contributed by atoms with E-state index < -0.39 is 0 Å². The fraction of sp³-hybridized carbons (Fsp3) is 1.00. The first-order chi connectivity index (χ1) is 19.4. The molecule has 0 radical (unpaired) electrons. The summed E-state index contributed by atoms with van der Waals surface area (Å²) in [4.78, 5) is 0. The highest BCUT2D eigenvalue weighted by Crippen LogP contribution is 2.02. The van der Waals surface area contributed by atoms with E-state index in [9.17, 15) is 0 Å². The lowest BCUT2D eigenvalue weighted by Crippen LogP contribution is -2.17. The Labute approximate surface area is 250 Å². The Kier molecular flexibility index (Phi) is 38.6. The van der Waals surface area contributed by atoms with Gasteiger partial charge in [-0.3, -0.25) is 0 Å². The topological polar surface area (TPSA) is 104 Å². The number of ether oxygens (including phenoxy) is 10. The van der Waals surface area contributed by atoms with Gasteiger partial charge in [0.1, 0.15) is 0 Å². The van der Waals surface area contributed by atoms with Gasteiger partial charge >= 0.3 is 0 Å². The maximum Gasteiger partial charge on any atom is 0.0701 e. The summed E-state index contributed by atoms with van der Waals surface area (Å²) in [6, 6.07) is 0. The van der Waals surface area contributed by atoms with Gasteiger partial charge in [-0.05, 0) is 24.3 Å². The lowest BCUT2D eigenvalue weighted by atomic mass is 10.2. The van der Waals surface area contributed by atoms with Crippen LogP contribution in [0.25, 0.3) is 0 Å². The molecule has 0 fully saturated rings. The zero-order valence-electron chi connectivity index (χ0n) is 24.3. The van der Waals surface area contributed by atoms with Gasteiger partial charge in [0.25, 0.3) is 0 Å². The van der Waals surface area contributed by atoms with Gasteiger partial charge in [0.15, 0.2) is 0 Å². The zero-order valence-corrected chi connectivity index (χ0v) is 26.5. The predicted molar refractivity (Wildman–Crippen MR) is 159 cm³/mol. The molecule has 0 bridgehead atoms. The van der Waals surface area contributed by atoms with Gasteiger partial charge in [-0.25, -0.2) is 0 Å². The van der Waals surface area contributed by atoms with Crippen molar-refractivity contribution in [2.45, 2.75) is 25.7 Å². The monoisotopic (exact) mass is 681 g/mol. The number of alkyl halides is 1. The first kappa shape index (κ1) is 39.3. The Morgan fingerprint density at radius 1 is 0.333 bits per heavy atom. The van der Waals surface area contributed by atoms with Gasteiger partial charge in [-0.2, -0.15) is 0 Å². The van der Waals surface area contributed by atoms with Crippen molar-refractivity contribution in [2.24, 2.45) is 0 Å². The summed E-state index contributed by atoms with van der Waals surface area (Å²) in [6.45, 7) is 12.4. The third kappa shape index (κ3) is 38.3. The maximum absolute atomic E-state index is 5.55. The van der Waals surface area contributed by atoms with Crippen LogP contribution >= 0.6 is 22.6 Å². The SMILES string of the molecule is CNCCOCCOCCOCCOCCOCCOCCOCCOCCOCCOCCCCCCI. The number of likely N-dealkylation sites (N-methyl/N-ethyl adjacent to an activating group) is 1. The molecule has 0 aliphatic carbocycles. The van der Waals surface area contributed by atoms with E-state index in [-0.39, 0.29) is 0 Å². The van der Waals surface area contributed by atoms with Crippen molar-refractivity contribution in [1.82, 2.24) is 5.32 Å². The minimum Gasteiger partial charge on any atom is -0.379 e. The highest BCUT2D eigenvalue weighted by atomic mass is 127. The van der Waals surface area contributed by atoms with Crippen LogP contribution in [0.15, 0.2) is 0 Å². The van der Waals surface area contributed by atoms with Crippen LogP contribution in [0.2, 0.25) is 0 Å². The molecule has 0 spiro atoms. The molecule has 0 unspecified atom stereocenters. The summed E-state index contributed by atoms with van der Waals surface area (Å²) in [5.74, 6) is 0. The molecular weight excluding hydrogens is 625 g/mol. The van der Waals surface area contributed by atoms with E-state index in [0.717, 1.165) is 19.6 Å². The van der Waals surface area contributed by atoms with Crippen LogP contribution in [-0.4, -0.2) is 150 Å². The van der Waals surface area contributed by atoms with Gasteiger partial charge in [0, 0.05) is 13.2 Å². The van der Waals surface area contributed by atoms with E-state index in [1.54, 1.807) is 0 Å². The molecule has 0 rings (SSSR count). The van der Waals surface area contributed by atoms with E-state index in [1.165, 1.54) is 23.7 Å². The van der Waals surface area contributed by atoms with Gasteiger partial charge in [0.05, 0.1) is 126 Å². The first-order valence-electron chi connectivity index (χ1n) is 14.4. The molecule has 12 heteroatoms. The van der Waals surface area contributed by atoms with Gasteiger partial charge < -0.3 is 52.7 Å². The summed E-state index contributed by atoms with van der Waals surface area (Å²) in [7, 11) is 1.90. The zero-order chi connectivity index (χ0) is 28.2. The molecule has 0 aromatic heterocycles. The number of rotatable bonds is 36. The molecular formula is C27H56INO10. The standard InChI is InChI=1S/C27H56INO10/c1-29-7-9-31-11-13-33-15-17-35-19-21-37-23-25-39-27-26-38-24-22-36-20-18-34-16-14-32-12-10-30-8-5-3-2-4-6-28/h29H,2-27H2,1H3. The van der Waals surface area contributed by atoms with Crippen molar-refractivity contribution in [3.63, 3.8) is 0 Å². The fourth-order valence-corrected chi connectivity index (χ4v) is 3.45. The van der Waals surface area contributed by atoms with Crippen LogP contribution in [0, 0.1) is 0 Å². The Hall–Kier alpha value is 0.290. The van der Waals surface area contributed by atoms with Crippen molar-refractivity contribution in [2.75, 3.05) is 150 Å². The molecule has 0 saturated heterocycles. The smallest absolute Gasteiger partial charge is 0.0701 e. The summed E-state index contributed by atoms with van der Waals surface area (Å²) in [5, 5.41) is 3.02. The lowest BCUT2D eigenvalue weighted by molar-refractivity contribution is -0.0264. The maximum atomic E-state index is 5.55. The van der Waals surface area contributed by atoms with Crippen molar-refractivity contribution >= 4 is 22.6 Å². The second-order valence-electron chi connectivity index (χ2n) is 8.33. The van der Waals surface area contributed by atoms with E-state index in [2.05, 4.69) is 27.9 Å². The quantitative estimate of drug-likeness (QED) is 0.0599. The Balaban J connectivity index is 3.01. The second kappa shape index (κ2) is 38.3. The second-order valence-corrected chi connectivity index (χ2v) is 9.41. The average molecular weight is 682 g/mol. The fourth-order valence-electron chi connectivity index (χ4n) is 2.91. The van der Waals surface area contributed by atoms with Crippen LogP contribution in [0.1, 0.15) is 25.7 Å². The molecule has 0 heterocycles. The molecule has 39 heavy (non-hydrogen) atoms. The molecule has 236 valence electrons. The van der Waals surface area contributed by atoms with Crippen molar-refractivity contribution in [3.8, 4) is 0 Å². The summed E-state index contributed by atoms with van der Waals surface area (Å²) >= 11 is 2.42. The highest BCUT2D eigenvalue weighted by Gasteiger charge is 1.96. The summed E-state index contributed by atoms with van der Waals surface area (Å²) < 4.78 is 55.9. The minimum absolute atomic E-state index is 0.530. The number of halogens is 1. The van der Waals surface area contributed by atoms with Crippen LogP contribution in [0.5, 0.6) is 0 Å². The van der Waals surface area contributed by atoms with E-state index in [4.69, 9.17) is 47.4 Å². The number of hydrogen-bond acceptors (Lipinski definition) is 11. The Morgan fingerprint density at radius 2 is 0.590 bits per heavy atom. The third-order valence-electron chi connectivity index (χ3n) is 5.02. The molecule has 0 aromatic carbocycles. The molecule has 0 aliphatic heterocycles. The number of hydrogen-bond donors (Lipinski definition) is 1. The summed E-state index contributed by atoms with van der Waals surface area (Å²) in [5.41, 5.74) is 0. The van der Waals surface area contributed by atoms with Crippen LogP contribution in [0.3, 0.4) is 0 Å². The molecule has 0 aliphatic rings. The van der Waals surface area contributed by atoms with Gasteiger partial charge in [-0.1, -0.05) is 35.4 Å². The van der Waals surface area contributed by atoms with E-state index in [0.29, 0.717) is 126 Å². The number of unbranched alkanes of at least 4 members (excludes halogenated alkanes) is 3. The molecule has 1 N–H and O–H groups in total. The molecule has 0 saturated carbocycles. The van der Waals surface area contributed by atoms with E-state index in [1.807, 2.05) is 7.05 Å². The molecule has 0 amide bonds. The van der Waals surface area contributed by atoms with Gasteiger partial charge in [0.2, 0.25) is 0 Å². The Bertz CT molecular complexity index is 394. The van der Waals surface area contributed by atoms with Crippen LogP contribution in [-0.2, 0) is 47.4 Å². The Morgan fingerprint density at radius 3 is 0.872 bits per heavy atom. The normalized spacial score (nSPS) is 11.5. The molecule has 0 atom stereocenters. The van der Waals surface area contributed by atoms with Gasteiger partial charge in [-0.15, -0.1) is 0 Å². The highest BCUT2D eigenvalue weighted by molar-refractivity contribution is 14.1. The van der Waals surface area contributed by atoms with Crippen molar-refractivity contribution < 1.29 is 47.4 Å². The van der Waals surface area contributed by atoms with E-state index >= 15 is 0 Å². The van der Waals surface area contributed by atoms with Crippen molar-refractivity contribution in [1.29, 1.82) is 0 Å². The summed E-state index contributed by atoms with van der Waals surface area (Å²) in [6.07, 6.45) is 4.99. The van der Waals surface area contributed by atoms with Crippen LogP contribution in [0.4, 0.5) is 0 Å². The first-order valence-corrected chi connectivity index (χ1v) is 15.9. The van der Waals surface area contributed by atoms with Crippen molar-refractivity contribution in [3.05, 3.63) is 0 Å². The molecule has 0 aromatic rings. The number of nitrogens with one attached hydrogen (secondary N) is 1. The lowest BCUT2D eigenvalue weighted by Gasteiger charge is -2.09. The largest absolute Gasteiger partial charge is 0.379 e. The van der Waals surface area contributed by atoms with Crippen LogP contribution < -0.4 is 5.32 Å². The predicted octanol–water partition coefficient (Wildman–Crippen LogP) is 2.37. The molecule has 11 nitrogen and oxygen atoms in total. The minimum atomic E-state index is 0.530. The third-order valence-corrected chi connectivity index (χ3v) is 5.78. The average Bonchev–Trinajstić information content (AvgIpc) is 2.95.